The van der Waals surface area contributed by atoms with Crippen molar-refractivity contribution in [3.63, 3.8) is 0 Å². The van der Waals surface area contributed by atoms with Crippen LogP contribution in [-0.2, 0) is 15.1 Å². The van der Waals surface area contributed by atoms with Crippen LogP contribution in [0.2, 0.25) is 0 Å². The second kappa shape index (κ2) is 9.55. The Kier molecular flexibility index (Phi) is 6.74. The van der Waals surface area contributed by atoms with E-state index >= 15 is 0 Å². The van der Waals surface area contributed by atoms with E-state index in [4.69, 9.17) is 4.74 Å². The van der Waals surface area contributed by atoms with Crippen LogP contribution in [-0.4, -0.2) is 35.2 Å². The Morgan fingerprint density at radius 2 is 1.52 bits per heavy atom. The summed E-state index contributed by atoms with van der Waals surface area (Å²) in [6.07, 6.45) is -0.0144. The lowest BCUT2D eigenvalue weighted by molar-refractivity contribution is -0.150. The van der Waals surface area contributed by atoms with Crippen LogP contribution in [0.1, 0.15) is 42.9 Å². The normalized spacial score (nSPS) is 14.2. The molecule has 1 aliphatic carbocycles. The number of ether oxygens (including phenoxy) is 1. The van der Waals surface area contributed by atoms with Gasteiger partial charge < -0.3 is 9.84 Å². The lowest BCUT2D eigenvalue weighted by Crippen LogP contribution is -2.53. The average molecular weight is 555 g/mol. The lowest BCUT2D eigenvalue weighted by Gasteiger charge is -2.37. The molecule has 1 atom stereocenters. The Morgan fingerprint density at radius 3 is 2.03 bits per heavy atom. The van der Waals surface area contributed by atoms with E-state index in [0.717, 1.165) is 25.8 Å². The standard InChI is InChI=1S/C27H26INO4/c1-3-16-29(27(2,25(30)31)18-12-14-19(28)15-13-18)26(32)33-17-24-22-10-6-4-8-20(22)21-9-5-7-11-23(21)24/h4-15,24H,3,16-17H2,1-2H3,(H,30,31). The highest BCUT2D eigenvalue weighted by molar-refractivity contribution is 14.1. The molecule has 0 saturated carbocycles. The zero-order valence-electron chi connectivity index (χ0n) is 18.6. The van der Waals surface area contributed by atoms with E-state index in [0.29, 0.717) is 12.0 Å². The molecular formula is C27H26INO4. The van der Waals surface area contributed by atoms with E-state index in [-0.39, 0.29) is 19.1 Å². The Bertz CT molecular complexity index is 1130. The molecule has 0 saturated heterocycles. The van der Waals surface area contributed by atoms with Crippen molar-refractivity contribution in [1.29, 1.82) is 0 Å². The van der Waals surface area contributed by atoms with Crippen molar-refractivity contribution < 1.29 is 19.4 Å². The Balaban J connectivity index is 1.62. The number of carbonyl (C=O) groups is 2. The smallest absolute Gasteiger partial charge is 0.411 e. The molecule has 0 bridgehead atoms. The summed E-state index contributed by atoms with van der Waals surface area (Å²) in [6.45, 7) is 3.90. The largest absolute Gasteiger partial charge is 0.479 e. The number of halogens is 1. The van der Waals surface area contributed by atoms with Crippen molar-refractivity contribution in [2.24, 2.45) is 0 Å². The molecular weight excluding hydrogens is 529 g/mol. The molecule has 0 aliphatic heterocycles. The molecule has 0 heterocycles. The highest BCUT2D eigenvalue weighted by Gasteiger charge is 2.45. The monoisotopic (exact) mass is 555 g/mol. The number of fused-ring (bicyclic) bond motifs is 3. The van der Waals surface area contributed by atoms with Crippen LogP contribution in [0.3, 0.4) is 0 Å². The number of hydrogen-bond donors (Lipinski definition) is 1. The molecule has 0 fully saturated rings. The first-order valence-electron chi connectivity index (χ1n) is 11.0. The second-order valence-corrected chi connectivity index (χ2v) is 9.59. The van der Waals surface area contributed by atoms with Gasteiger partial charge in [-0.25, -0.2) is 9.59 Å². The number of aliphatic carboxylic acids is 1. The summed E-state index contributed by atoms with van der Waals surface area (Å²) in [5.74, 6) is -1.18. The van der Waals surface area contributed by atoms with E-state index in [2.05, 4.69) is 46.9 Å². The number of amides is 1. The number of nitrogens with zero attached hydrogens (tertiary/aromatic N) is 1. The van der Waals surface area contributed by atoms with Gasteiger partial charge in [0.25, 0.3) is 0 Å². The highest BCUT2D eigenvalue weighted by Crippen LogP contribution is 2.44. The van der Waals surface area contributed by atoms with Crippen LogP contribution >= 0.6 is 22.6 Å². The van der Waals surface area contributed by atoms with E-state index in [1.54, 1.807) is 19.1 Å². The van der Waals surface area contributed by atoms with Crippen molar-refractivity contribution in [3.05, 3.63) is 93.1 Å². The molecule has 3 aromatic carbocycles. The molecule has 170 valence electrons. The van der Waals surface area contributed by atoms with Gasteiger partial charge in [-0.05, 0) is 75.9 Å². The van der Waals surface area contributed by atoms with Gasteiger partial charge in [0, 0.05) is 16.0 Å². The Morgan fingerprint density at radius 1 is 0.970 bits per heavy atom. The fourth-order valence-electron chi connectivity index (χ4n) is 4.56. The topological polar surface area (TPSA) is 66.8 Å². The molecule has 1 amide bonds. The van der Waals surface area contributed by atoms with Gasteiger partial charge in [0.15, 0.2) is 5.54 Å². The molecule has 1 N–H and O–H groups in total. The van der Waals surface area contributed by atoms with Crippen LogP contribution in [0.5, 0.6) is 0 Å². The van der Waals surface area contributed by atoms with Crippen LogP contribution in [0.25, 0.3) is 11.1 Å². The van der Waals surface area contributed by atoms with E-state index < -0.39 is 17.6 Å². The summed E-state index contributed by atoms with van der Waals surface area (Å²) in [5, 5.41) is 10.2. The van der Waals surface area contributed by atoms with Crippen molar-refractivity contribution in [2.75, 3.05) is 13.2 Å². The third kappa shape index (κ3) is 4.24. The molecule has 0 aromatic heterocycles. The minimum absolute atomic E-state index is 0.0841. The first-order valence-corrected chi connectivity index (χ1v) is 12.1. The summed E-state index contributed by atoms with van der Waals surface area (Å²) in [5.41, 5.74) is 3.53. The summed E-state index contributed by atoms with van der Waals surface area (Å²) in [4.78, 5) is 27.1. The van der Waals surface area contributed by atoms with Gasteiger partial charge >= 0.3 is 12.1 Å². The molecule has 1 aliphatic rings. The van der Waals surface area contributed by atoms with E-state index in [9.17, 15) is 14.7 Å². The van der Waals surface area contributed by atoms with Crippen molar-refractivity contribution >= 4 is 34.7 Å². The van der Waals surface area contributed by atoms with Gasteiger partial charge in [-0.15, -0.1) is 0 Å². The summed E-state index contributed by atoms with van der Waals surface area (Å²) in [7, 11) is 0. The lowest BCUT2D eigenvalue weighted by atomic mass is 9.90. The zero-order chi connectivity index (χ0) is 23.6. The van der Waals surface area contributed by atoms with Crippen molar-refractivity contribution in [2.45, 2.75) is 31.7 Å². The minimum Gasteiger partial charge on any atom is -0.479 e. The maximum atomic E-state index is 13.3. The quantitative estimate of drug-likeness (QED) is 0.350. The maximum absolute atomic E-state index is 13.3. The number of benzene rings is 3. The first kappa shape index (κ1) is 23.3. The van der Waals surface area contributed by atoms with Gasteiger partial charge in [0.2, 0.25) is 0 Å². The highest BCUT2D eigenvalue weighted by atomic mass is 127. The number of carbonyl (C=O) groups excluding carboxylic acids is 1. The molecule has 33 heavy (non-hydrogen) atoms. The van der Waals surface area contributed by atoms with Crippen molar-refractivity contribution in [3.8, 4) is 11.1 Å². The Hall–Kier alpha value is -2.87. The molecule has 6 heteroatoms. The van der Waals surface area contributed by atoms with Crippen LogP contribution in [0, 0.1) is 3.57 Å². The Labute approximate surface area is 207 Å². The summed E-state index contributed by atoms with van der Waals surface area (Å²) >= 11 is 2.17. The molecule has 5 nitrogen and oxygen atoms in total. The average Bonchev–Trinajstić information content (AvgIpc) is 3.14. The predicted octanol–water partition coefficient (Wildman–Crippen LogP) is 6.25. The number of carboxylic acids is 1. The van der Waals surface area contributed by atoms with Gasteiger partial charge in [-0.3, -0.25) is 4.90 Å². The van der Waals surface area contributed by atoms with E-state index in [1.165, 1.54) is 4.90 Å². The van der Waals surface area contributed by atoms with Gasteiger partial charge in [0.1, 0.15) is 6.61 Å². The van der Waals surface area contributed by atoms with Crippen molar-refractivity contribution in [1.82, 2.24) is 4.90 Å². The molecule has 3 aromatic rings. The summed E-state index contributed by atoms with van der Waals surface area (Å²) in [6, 6.07) is 23.5. The maximum Gasteiger partial charge on any atom is 0.411 e. The van der Waals surface area contributed by atoms with E-state index in [1.807, 2.05) is 43.3 Å². The zero-order valence-corrected chi connectivity index (χ0v) is 20.8. The molecule has 1 unspecified atom stereocenters. The van der Waals surface area contributed by atoms with Crippen LogP contribution in [0.4, 0.5) is 4.79 Å². The third-order valence-electron chi connectivity index (χ3n) is 6.37. The van der Waals surface area contributed by atoms with Crippen LogP contribution < -0.4 is 0 Å². The minimum atomic E-state index is -1.54. The molecule has 0 spiro atoms. The fourth-order valence-corrected chi connectivity index (χ4v) is 4.92. The third-order valence-corrected chi connectivity index (χ3v) is 7.09. The number of hydrogen-bond acceptors (Lipinski definition) is 3. The number of carboxylic acid groups (broad SMARTS) is 1. The SMILES string of the molecule is CCCN(C(=O)OCC1c2ccccc2-c2ccccc21)C(C)(C(=O)O)c1ccc(I)cc1. The predicted molar refractivity (Wildman–Crippen MR) is 136 cm³/mol. The van der Waals surface area contributed by atoms with Crippen LogP contribution in [0.15, 0.2) is 72.8 Å². The molecule has 0 radical (unpaired) electrons. The van der Waals surface area contributed by atoms with Gasteiger partial charge in [-0.1, -0.05) is 67.6 Å². The fraction of sp³-hybridized carbons (Fsp3) is 0.259. The first-order chi connectivity index (χ1) is 15.9. The summed E-state index contributed by atoms with van der Waals surface area (Å²) < 4.78 is 6.81. The van der Waals surface area contributed by atoms with Gasteiger partial charge in [-0.2, -0.15) is 0 Å². The number of rotatable bonds is 7. The molecule has 4 rings (SSSR count). The van der Waals surface area contributed by atoms with Gasteiger partial charge in [0.05, 0.1) is 0 Å². The second-order valence-electron chi connectivity index (χ2n) is 8.34.